The van der Waals surface area contributed by atoms with Crippen LogP contribution in [0.25, 0.3) is 0 Å². The maximum atomic E-state index is 12.6. The summed E-state index contributed by atoms with van der Waals surface area (Å²) in [6.07, 6.45) is 8.70. The summed E-state index contributed by atoms with van der Waals surface area (Å²) >= 11 is 0. The Balaban J connectivity index is 1.51. The van der Waals surface area contributed by atoms with Crippen molar-refractivity contribution in [1.29, 1.82) is 0 Å². The van der Waals surface area contributed by atoms with Crippen LogP contribution in [-0.4, -0.2) is 50.2 Å². The minimum absolute atomic E-state index is 0.107. The summed E-state index contributed by atoms with van der Waals surface area (Å²) in [7, 11) is 1.89. The topological polar surface area (TPSA) is 32.8 Å². The van der Waals surface area contributed by atoms with Crippen LogP contribution >= 0.6 is 0 Å². The summed E-state index contributed by atoms with van der Waals surface area (Å²) < 4.78 is 5.75. The zero-order valence-corrected chi connectivity index (χ0v) is 14.9. The Labute approximate surface area is 145 Å². The Bertz CT molecular complexity index is 517. The Hall–Kier alpha value is -1.55. The number of hydrogen-bond donors (Lipinski definition) is 0. The molecule has 0 N–H and O–H groups in total. The molecule has 1 aromatic carbocycles. The molecule has 0 saturated carbocycles. The summed E-state index contributed by atoms with van der Waals surface area (Å²) in [4.78, 5) is 16.8. The predicted octanol–water partition coefficient (Wildman–Crippen LogP) is 3.71. The minimum atomic E-state index is 0.107. The molecule has 2 aliphatic heterocycles. The molecule has 0 spiro atoms. The van der Waals surface area contributed by atoms with Crippen LogP contribution in [0, 0.1) is 0 Å². The van der Waals surface area contributed by atoms with E-state index in [9.17, 15) is 4.79 Å². The Morgan fingerprint density at radius 1 is 1.12 bits per heavy atom. The molecule has 0 radical (unpaired) electrons. The van der Waals surface area contributed by atoms with E-state index in [4.69, 9.17) is 4.74 Å². The van der Waals surface area contributed by atoms with Gasteiger partial charge in [-0.3, -0.25) is 4.79 Å². The quantitative estimate of drug-likeness (QED) is 0.825. The van der Waals surface area contributed by atoms with Crippen molar-refractivity contribution in [2.75, 3.05) is 38.2 Å². The second-order valence-electron chi connectivity index (χ2n) is 7.10. The average Bonchev–Trinajstić information content (AvgIpc) is 2.67. The third-order valence-electron chi connectivity index (χ3n) is 5.24. The van der Waals surface area contributed by atoms with Gasteiger partial charge in [0.25, 0.3) is 5.91 Å². The largest absolute Gasteiger partial charge is 0.378 e. The van der Waals surface area contributed by atoms with Gasteiger partial charge in [0, 0.05) is 44.5 Å². The maximum Gasteiger partial charge on any atom is 0.253 e. The maximum absolute atomic E-state index is 12.6. The van der Waals surface area contributed by atoms with Gasteiger partial charge < -0.3 is 14.5 Å². The average molecular weight is 330 g/mol. The molecule has 24 heavy (non-hydrogen) atoms. The highest BCUT2D eigenvalue weighted by Gasteiger charge is 2.18. The van der Waals surface area contributed by atoms with Crippen molar-refractivity contribution in [3.8, 4) is 0 Å². The number of benzene rings is 1. The van der Waals surface area contributed by atoms with Crippen LogP contribution in [-0.2, 0) is 4.74 Å². The first kappa shape index (κ1) is 17.3. The number of hydrogen-bond acceptors (Lipinski definition) is 3. The van der Waals surface area contributed by atoms with Crippen molar-refractivity contribution in [3.05, 3.63) is 29.8 Å². The Morgan fingerprint density at radius 2 is 1.88 bits per heavy atom. The van der Waals surface area contributed by atoms with E-state index < -0.39 is 0 Å². The first-order valence-corrected chi connectivity index (χ1v) is 9.46. The lowest BCUT2D eigenvalue weighted by Crippen LogP contribution is -2.32. The van der Waals surface area contributed by atoms with Gasteiger partial charge in [-0.15, -0.1) is 0 Å². The highest BCUT2D eigenvalue weighted by atomic mass is 16.5. The van der Waals surface area contributed by atoms with E-state index in [1.54, 1.807) is 0 Å². The lowest BCUT2D eigenvalue weighted by Gasteiger charge is -2.29. The minimum Gasteiger partial charge on any atom is -0.378 e. The number of amides is 1. The second kappa shape index (κ2) is 8.52. The standard InChI is InChI=1S/C20H30N2O2/c1-21(15-12-19-7-3-6-16-24-19)20(23)17-8-10-18(11-9-17)22-13-4-2-5-14-22/h8-11,19H,2-7,12-16H2,1H3. The van der Waals surface area contributed by atoms with Crippen molar-refractivity contribution in [2.45, 2.75) is 51.0 Å². The molecule has 1 unspecified atom stereocenters. The van der Waals surface area contributed by atoms with Crippen molar-refractivity contribution in [3.63, 3.8) is 0 Å². The smallest absolute Gasteiger partial charge is 0.253 e. The van der Waals surface area contributed by atoms with E-state index in [0.717, 1.165) is 44.6 Å². The highest BCUT2D eigenvalue weighted by Crippen LogP contribution is 2.21. The van der Waals surface area contributed by atoms with Gasteiger partial charge in [-0.25, -0.2) is 0 Å². The Morgan fingerprint density at radius 3 is 2.54 bits per heavy atom. The molecule has 0 bridgehead atoms. The fraction of sp³-hybridized carbons (Fsp3) is 0.650. The third kappa shape index (κ3) is 4.50. The molecule has 1 aromatic rings. The first-order chi connectivity index (χ1) is 11.7. The molecule has 0 aromatic heterocycles. The van der Waals surface area contributed by atoms with E-state index in [1.807, 2.05) is 24.1 Å². The molecule has 1 amide bonds. The summed E-state index contributed by atoms with van der Waals surface area (Å²) in [6, 6.07) is 8.13. The van der Waals surface area contributed by atoms with Crippen molar-refractivity contribution < 1.29 is 9.53 Å². The fourth-order valence-electron chi connectivity index (χ4n) is 3.66. The molecular weight excluding hydrogens is 300 g/mol. The van der Waals surface area contributed by atoms with Gasteiger partial charge >= 0.3 is 0 Å². The van der Waals surface area contributed by atoms with Crippen molar-refractivity contribution >= 4 is 11.6 Å². The first-order valence-electron chi connectivity index (χ1n) is 9.46. The van der Waals surface area contributed by atoms with Gasteiger partial charge in [-0.2, -0.15) is 0 Å². The van der Waals surface area contributed by atoms with Crippen LogP contribution in [0.1, 0.15) is 55.3 Å². The molecule has 2 fully saturated rings. The monoisotopic (exact) mass is 330 g/mol. The van der Waals surface area contributed by atoms with Crippen LogP contribution in [0.4, 0.5) is 5.69 Å². The molecule has 2 saturated heterocycles. The molecule has 2 aliphatic rings. The zero-order valence-electron chi connectivity index (χ0n) is 14.9. The van der Waals surface area contributed by atoms with Crippen LogP contribution in [0.15, 0.2) is 24.3 Å². The highest BCUT2D eigenvalue weighted by molar-refractivity contribution is 5.94. The van der Waals surface area contributed by atoms with E-state index in [-0.39, 0.29) is 5.91 Å². The molecule has 1 atom stereocenters. The summed E-state index contributed by atoms with van der Waals surface area (Å²) in [5, 5.41) is 0. The number of piperidine rings is 1. The second-order valence-corrected chi connectivity index (χ2v) is 7.10. The van der Waals surface area contributed by atoms with Crippen LogP contribution in [0.5, 0.6) is 0 Å². The van der Waals surface area contributed by atoms with E-state index in [1.165, 1.54) is 37.8 Å². The van der Waals surface area contributed by atoms with Gasteiger partial charge in [0.2, 0.25) is 0 Å². The SMILES string of the molecule is CN(CCC1CCCCO1)C(=O)c1ccc(N2CCCCC2)cc1. The number of anilines is 1. The number of ether oxygens (including phenoxy) is 1. The number of carbonyl (C=O) groups is 1. The lowest BCUT2D eigenvalue weighted by atomic mass is 10.1. The van der Waals surface area contributed by atoms with E-state index in [2.05, 4.69) is 17.0 Å². The number of nitrogens with zero attached hydrogens (tertiary/aromatic N) is 2. The molecule has 3 rings (SSSR count). The molecule has 2 heterocycles. The molecule has 0 aliphatic carbocycles. The van der Waals surface area contributed by atoms with Crippen molar-refractivity contribution in [2.24, 2.45) is 0 Å². The Kier molecular flexibility index (Phi) is 6.13. The van der Waals surface area contributed by atoms with Gasteiger partial charge in [0.15, 0.2) is 0 Å². The van der Waals surface area contributed by atoms with Gasteiger partial charge in [0.1, 0.15) is 0 Å². The zero-order chi connectivity index (χ0) is 16.8. The van der Waals surface area contributed by atoms with Crippen LogP contribution < -0.4 is 4.90 Å². The van der Waals surface area contributed by atoms with Crippen LogP contribution in [0.3, 0.4) is 0 Å². The van der Waals surface area contributed by atoms with E-state index >= 15 is 0 Å². The van der Waals surface area contributed by atoms with Gasteiger partial charge in [-0.1, -0.05) is 0 Å². The molecular formula is C20H30N2O2. The van der Waals surface area contributed by atoms with Crippen molar-refractivity contribution in [1.82, 2.24) is 4.90 Å². The normalized spacial score (nSPS) is 21.5. The fourth-order valence-corrected chi connectivity index (χ4v) is 3.66. The predicted molar refractivity (Wildman–Crippen MR) is 97.7 cm³/mol. The molecule has 4 nitrogen and oxygen atoms in total. The summed E-state index contributed by atoms with van der Waals surface area (Å²) in [5.41, 5.74) is 2.02. The van der Waals surface area contributed by atoms with Gasteiger partial charge in [-0.05, 0) is 69.2 Å². The summed E-state index contributed by atoms with van der Waals surface area (Å²) in [5.74, 6) is 0.107. The van der Waals surface area contributed by atoms with Crippen LogP contribution in [0.2, 0.25) is 0 Å². The molecule has 4 heteroatoms. The van der Waals surface area contributed by atoms with E-state index in [0.29, 0.717) is 6.10 Å². The summed E-state index contributed by atoms with van der Waals surface area (Å²) in [6.45, 7) is 3.90. The third-order valence-corrected chi connectivity index (χ3v) is 5.24. The number of rotatable bonds is 5. The van der Waals surface area contributed by atoms with Gasteiger partial charge in [0.05, 0.1) is 6.10 Å². The lowest BCUT2D eigenvalue weighted by molar-refractivity contribution is 0.00709. The number of carbonyl (C=O) groups excluding carboxylic acids is 1. The molecule has 132 valence electrons.